The molecule has 1 aromatic rings. The minimum atomic E-state index is -0.274. The van der Waals surface area contributed by atoms with Crippen LogP contribution in [-0.4, -0.2) is 37.1 Å². The first-order valence-corrected chi connectivity index (χ1v) is 10.3. The zero-order valence-electron chi connectivity index (χ0n) is 16.3. The number of rotatable bonds is 3. The van der Waals surface area contributed by atoms with Crippen LogP contribution < -0.4 is 10.7 Å². The maximum absolute atomic E-state index is 13.3. The largest absolute Gasteiger partial charge is 0.314 e. The Morgan fingerprint density at radius 3 is 2.62 bits per heavy atom. The summed E-state index contributed by atoms with van der Waals surface area (Å²) in [7, 11) is 0. The molecule has 4 atom stereocenters. The lowest BCUT2D eigenvalue weighted by Crippen LogP contribution is -2.58. The maximum Gasteiger partial charge on any atom is 0.240 e. The Labute approximate surface area is 157 Å². The van der Waals surface area contributed by atoms with Crippen LogP contribution in [0.5, 0.6) is 0 Å². The molecular formula is C22H33N3O. The number of hydrogen-bond acceptors (Lipinski definition) is 3. The highest BCUT2D eigenvalue weighted by Crippen LogP contribution is 2.58. The summed E-state index contributed by atoms with van der Waals surface area (Å²) < 4.78 is 0. The number of piperazine rings is 1. The fraction of sp³-hybridized carbons (Fsp3) is 0.682. The van der Waals surface area contributed by atoms with Gasteiger partial charge in [-0.05, 0) is 54.9 Å². The van der Waals surface area contributed by atoms with Crippen molar-refractivity contribution in [1.29, 1.82) is 0 Å². The average Bonchev–Trinajstić information content (AvgIpc) is 2.62. The monoisotopic (exact) mass is 355 g/mol. The lowest BCUT2D eigenvalue weighted by Gasteiger charge is -2.54. The Morgan fingerprint density at radius 2 is 1.88 bits per heavy atom. The van der Waals surface area contributed by atoms with Gasteiger partial charge in [-0.25, -0.2) is 5.01 Å². The van der Waals surface area contributed by atoms with E-state index in [1.165, 1.54) is 24.8 Å². The molecule has 1 aliphatic heterocycles. The Kier molecular flexibility index (Phi) is 4.83. The molecule has 0 radical (unpaired) electrons. The number of nitrogens with zero attached hydrogens (tertiary/aromatic N) is 1. The average molecular weight is 356 g/mol. The van der Waals surface area contributed by atoms with E-state index in [-0.39, 0.29) is 16.7 Å². The number of carbonyl (C=O) groups excluding carboxylic acids is 1. The van der Waals surface area contributed by atoms with Crippen molar-refractivity contribution in [1.82, 2.24) is 15.8 Å². The minimum absolute atomic E-state index is 0.164. The van der Waals surface area contributed by atoms with Gasteiger partial charge < -0.3 is 5.32 Å². The van der Waals surface area contributed by atoms with Crippen molar-refractivity contribution in [2.24, 2.45) is 17.3 Å². The third kappa shape index (κ3) is 3.41. The SMILES string of the molecule is CC1CC2CC(C)(C(=O)NN3CCNCC3)CC(c3ccccc3)(C1)C2. The molecule has 2 N–H and O–H groups in total. The molecule has 1 saturated heterocycles. The van der Waals surface area contributed by atoms with E-state index in [0.29, 0.717) is 5.92 Å². The fourth-order valence-corrected chi connectivity index (χ4v) is 6.15. The van der Waals surface area contributed by atoms with E-state index in [1.54, 1.807) is 0 Å². The molecule has 4 heteroatoms. The van der Waals surface area contributed by atoms with Crippen molar-refractivity contribution in [3.63, 3.8) is 0 Å². The van der Waals surface area contributed by atoms with E-state index in [9.17, 15) is 4.79 Å². The number of fused-ring (bicyclic) bond motifs is 2. The summed E-state index contributed by atoms with van der Waals surface area (Å²) in [6, 6.07) is 11.0. The number of amides is 1. The smallest absolute Gasteiger partial charge is 0.240 e. The molecule has 4 rings (SSSR count). The number of hydrazine groups is 1. The summed E-state index contributed by atoms with van der Waals surface area (Å²) in [5.41, 5.74) is 4.58. The van der Waals surface area contributed by atoms with E-state index >= 15 is 0 Å². The van der Waals surface area contributed by atoms with Gasteiger partial charge in [-0.15, -0.1) is 0 Å². The first-order chi connectivity index (χ1) is 12.5. The van der Waals surface area contributed by atoms with Crippen LogP contribution in [0, 0.1) is 17.3 Å². The van der Waals surface area contributed by atoms with Crippen molar-refractivity contribution in [2.75, 3.05) is 26.2 Å². The molecule has 1 aromatic carbocycles. The molecule has 2 bridgehead atoms. The molecule has 2 aliphatic carbocycles. The van der Waals surface area contributed by atoms with Crippen LogP contribution in [0.25, 0.3) is 0 Å². The predicted molar refractivity (Wildman–Crippen MR) is 105 cm³/mol. The number of nitrogens with one attached hydrogen (secondary N) is 2. The van der Waals surface area contributed by atoms with Crippen LogP contribution in [0.1, 0.15) is 51.5 Å². The second-order valence-corrected chi connectivity index (χ2v) is 9.38. The second kappa shape index (κ2) is 6.97. The normalized spacial score (nSPS) is 37.9. The first-order valence-electron chi connectivity index (χ1n) is 10.3. The van der Waals surface area contributed by atoms with Gasteiger partial charge in [-0.1, -0.05) is 44.2 Å². The van der Waals surface area contributed by atoms with E-state index < -0.39 is 0 Å². The van der Waals surface area contributed by atoms with Crippen molar-refractivity contribution < 1.29 is 4.79 Å². The van der Waals surface area contributed by atoms with Gasteiger partial charge in [-0.2, -0.15) is 0 Å². The zero-order valence-corrected chi connectivity index (χ0v) is 16.3. The van der Waals surface area contributed by atoms with Gasteiger partial charge in [0.25, 0.3) is 0 Å². The molecule has 3 fully saturated rings. The summed E-state index contributed by atoms with van der Waals surface area (Å²) in [6.45, 7) is 8.30. The highest BCUT2D eigenvalue weighted by atomic mass is 16.2. The van der Waals surface area contributed by atoms with E-state index in [2.05, 4.69) is 59.9 Å². The van der Waals surface area contributed by atoms with E-state index in [1.807, 2.05) is 0 Å². The summed E-state index contributed by atoms with van der Waals surface area (Å²) in [4.78, 5) is 13.3. The molecule has 3 aliphatic rings. The van der Waals surface area contributed by atoms with Crippen molar-refractivity contribution >= 4 is 5.91 Å². The molecule has 4 nitrogen and oxygen atoms in total. The molecule has 26 heavy (non-hydrogen) atoms. The molecule has 142 valence electrons. The van der Waals surface area contributed by atoms with Crippen LogP contribution in [0.15, 0.2) is 30.3 Å². The molecule has 1 heterocycles. The lowest BCUT2D eigenvalue weighted by atomic mass is 9.50. The topological polar surface area (TPSA) is 44.4 Å². The van der Waals surface area contributed by atoms with Gasteiger partial charge >= 0.3 is 0 Å². The highest BCUT2D eigenvalue weighted by Gasteiger charge is 2.53. The van der Waals surface area contributed by atoms with Crippen LogP contribution in [0.4, 0.5) is 0 Å². The van der Waals surface area contributed by atoms with Crippen LogP contribution in [0.2, 0.25) is 0 Å². The highest BCUT2D eigenvalue weighted by molar-refractivity contribution is 5.82. The third-order valence-corrected chi connectivity index (χ3v) is 6.93. The van der Waals surface area contributed by atoms with E-state index in [4.69, 9.17) is 0 Å². The van der Waals surface area contributed by atoms with Crippen LogP contribution in [0.3, 0.4) is 0 Å². The minimum Gasteiger partial charge on any atom is -0.314 e. The van der Waals surface area contributed by atoms with Gasteiger partial charge in [0.15, 0.2) is 0 Å². The Bertz CT molecular complexity index is 638. The second-order valence-electron chi connectivity index (χ2n) is 9.38. The molecule has 0 spiro atoms. The zero-order chi connectivity index (χ0) is 18.2. The van der Waals surface area contributed by atoms with Gasteiger partial charge in [0.2, 0.25) is 5.91 Å². The van der Waals surface area contributed by atoms with Gasteiger partial charge in [-0.3, -0.25) is 10.2 Å². The van der Waals surface area contributed by atoms with Crippen LogP contribution >= 0.6 is 0 Å². The molecule has 4 unspecified atom stereocenters. The quantitative estimate of drug-likeness (QED) is 0.876. The van der Waals surface area contributed by atoms with Crippen molar-refractivity contribution in [3.05, 3.63) is 35.9 Å². The lowest BCUT2D eigenvalue weighted by molar-refractivity contribution is -0.142. The Balaban J connectivity index is 1.58. The molecule has 2 saturated carbocycles. The van der Waals surface area contributed by atoms with Crippen LogP contribution in [-0.2, 0) is 10.2 Å². The third-order valence-electron chi connectivity index (χ3n) is 6.93. The predicted octanol–water partition coefficient (Wildman–Crippen LogP) is 3.10. The Hall–Kier alpha value is -1.39. The van der Waals surface area contributed by atoms with Crippen molar-refractivity contribution in [3.8, 4) is 0 Å². The standard InChI is InChI=1S/C22H33N3O/c1-17-12-18-14-21(2,20(26)24-25-10-8-23-9-11-25)16-22(13-17,15-18)19-6-4-3-5-7-19/h3-7,17-18,23H,8-16H2,1-2H3,(H,24,26). The maximum atomic E-state index is 13.3. The van der Waals surface area contributed by atoms with Crippen molar-refractivity contribution in [2.45, 2.75) is 51.4 Å². The molecule has 1 amide bonds. The first kappa shape index (κ1) is 18.0. The van der Waals surface area contributed by atoms with E-state index in [0.717, 1.165) is 44.9 Å². The molecule has 0 aromatic heterocycles. The van der Waals surface area contributed by atoms with Gasteiger partial charge in [0.05, 0.1) is 0 Å². The fourth-order valence-electron chi connectivity index (χ4n) is 6.15. The number of carbonyl (C=O) groups is 1. The number of hydrogen-bond donors (Lipinski definition) is 2. The van der Waals surface area contributed by atoms with Gasteiger partial charge in [0.1, 0.15) is 0 Å². The number of benzene rings is 1. The molecular weight excluding hydrogens is 322 g/mol. The summed E-state index contributed by atoms with van der Waals surface area (Å²) in [5, 5.41) is 5.45. The Morgan fingerprint density at radius 1 is 1.15 bits per heavy atom. The van der Waals surface area contributed by atoms with Gasteiger partial charge in [0, 0.05) is 31.6 Å². The summed E-state index contributed by atoms with van der Waals surface area (Å²) >= 11 is 0. The summed E-state index contributed by atoms with van der Waals surface area (Å²) in [5.74, 6) is 1.64. The summed E-state index contributed by atoms with van der Waals surface area (Å²) in [6.07, 6.45) is 5.74.